The van der Waals surface area contributed by atoms with Gasteiger partial charge in [-0.2, -0.15) is 0 Å². The van der Waals surface area contributed by atoms with Gasteiger partial charge < -0.3 is 0 Å². The Labute approximate surface area is 93.9 Å². The second-order valence-electron chi connectivity index (χ2n) is 3.87. The zero-order valence-electron chi connectivity index (χ0n) is 8.93. The van der Waals surface area contributed by atoms with E-state index in [1.54, 1.807) is 12.4 Å². The van der Waals surface area contributed by atoms with Gasteiger partial charge in [0.1, 0.15) is 0 Å². The zero-order chi connectivity index (χ0) is 10.8. The molecule has 1 aromatic heterocycles. The van der Waals surface area contributed by atoms with Crippen LogP contribution in [-0.2, 0) is 3.83 Å². The van der Waals surface area contributed by atoms with Crippen LogP contribution in [0.3, 0.4) is 0 Å². The monoisotopic (exact) mass is 270 g/mol. The molecular weight excluding hydrogens is 255 g/mol. The maximum atomic E-state index is 11.8. The number of hydrogen-bond acceptors (Lipinski definition) is 3. The molecule has 0 bridgehead atoms. The van der Waals surface area contributed by atoms with Crippen molar-refractivity contribution in [3.63, 3.8) is 0 Å². The van der Waals surface area contributed by atoms with E-state index in [0.717, 1.165) is 23.0 Å². The molecule has 2 heterocycles. The van der Waals surface area contributed by atoms with Crippen LogP contribution < -0.4 is 4.46 Å². The predicted octanol–water partition coefficient (Wildman–Crippen LogP) is 0.598. The molecule has 4 heteroatoms. The Balaban J connectivity index is 2.22. The van der Waals surface area contributed by atoms with E-state index in [9.17, 15) is 3.83 Å². The van der Waals surface area contributed by atoms with Crippen LogP contribution in [0.5, 0.6) is 0 Å². The SMILES string of the molecule is CN(C)CCC1=C[Se](=O)c2cnccc21. The summed E-state index contributed by atoms with van der Waals surface area (Å²) in [6.07, 6.45) is 4.48. The van der Waals surface area contributed by atoms with E-state index in [1.165, 1.54) is 5.57 Å². The van der Waals surface area contributed by atoms with Crippen molar-refractivity contribution in [2.24, 2.45) is 0 Å². The minimum atomic E-state index is -1.93. The van der Waals surface area contributed by atoms with Crippen molar-refractivity contribution < 1.29 is 3.83 Å². The van der Waals surface area contributed by atoms with Crippen molar-refractivity contribution in [3.8, 4) is 0 Å². The summed E-state index contributed by atoms with van der Waals surface area (Å²) in [6.45, 7) is 0.993. The molecule has 1 aromatic rings. The van der Waals surface area contributed by atoms with Crippen LogP contribution in [0.2, 0.25) is 0 Å². The summed E-state index contributed by atoms with van der Waals surface area (Å²) in [5, 5.41) is 0. The Morgan fingerprint density at radius 2 is 2.27 bits per heavy atom. The number of nitrogens with zero attached hydrogens (tertiary/aromatic N) is 2. The number of hydrogen-bond donors (Lipinski definition) is 0. The molecule has 0 radical (unpaired) electrons. The third-order valence-corrected chi connectivity index (χ3v) is 5.06. The normalized spacial score (nSPS) is 19.1. The topological polar surface area (TPSA) is 33.2 Å². The van der Waals surface area contributed by atoms with Crippen molar-refractivity contribution in [3.05, 3.63) is 29.0 Å². The van der Waals surface area contributed by atoms with Gasteiger partial charge in [-0.1, -0.05) is 0 Å². The van der Waals surface area contributed by atoms with Gasteiger partial charge in [0.2, 0.25) is 0 Å². The van der Waals surface area contributed by atoms with E-state index >= 15 is 0 Å². The standard InChI is InChI=1S/C11H14N2OSe/c1-13(2)6-4-9-8-15(14)11-7-12-5-3-10(9)11/h3,5,7-8H,4,6H2,1-2H3. The molecule has 15 heavy (non-hydrogen) atoms. The molecule has 2 rings (SSSR count). The molecule has 1 unspecified atom stereocenters. The molecule has 0 saturated heterocycles. The van der Waals surface area contributed by atoms with Gasteiger partial charge in [0.05, 0.1) is 0 Å². The summed E-state index contributed by atoms with van der Waals surface area (Å²) in [7, 11) is 4.10. The van der Waals surface area contributed by atoms with E-state index in [1.807, 2.05) is 25.1 Å². The van der Waals surface area contributed by atoms with Gasteiger partial charge in [0.15, 0.2) is 0 Å². The number of aromatic nitrogens is 1. The average Bonchev–Trinajstić information content (AvgIpc) is 2.54. The molecule has 0 N–H and O–H groups in total. The van der Waals surface area contributed by atoms with Crippen LogP contribution in [0, 0.1) is 0 Å². The van der Waals surface area contributed by atoms with Gasteiger partial charge >= 0.3 is 93.6 Å². The summed E-state index contributed by atoms with van der Waals surface area (Å²) in [4.78, 5) is 8.10. The van der Waals surface area contributed by atoms with E-state index in [0.29, 0.717) is 0 Å². The van der Waals surface area contributed by atoms with E-state index < -0.39 is 13.8 Å². The van der Waals surface area contributed by atoms with Gasteiger partial charge in [-0.05, 0) is 0 Å². The Morgan fingerprint density at radius 3 is 3.00 bits per heavy atom. The average molecular weight is 269 g/mol. The van der Waals surface area contributed by atoms with Crippen LogP contribution in [0.1, 0.15) is 12.0 Å². The van der Waals surface area contributed by atoms with E-state index in [4.69, 9.17) is 0 Å². The van der Waals surface area contributed by atoms with Gasteiger partial charge in [-0.15, -0.1) is 0 Å². The number of fused-ring (bicyclic) bond motifs is 1. The van der Waals surface area contributed by atoms with Crippen LogP contribution in [0.15, 0.2) is 23.4 Å². The van der Waals surface area contributed by atoms with Gasteiger partial charge in [-0.25, -0.2) is 0 Å². The quantitative estimate of drug-likeness (QED) is 0.753. The van der Waals surface area contributed by atoms with Crippen LogP contribution >= 0.6 is 0 Å². The second kappa shape index (κ2) is 4.35. The maximum absolute atomic E-state index is 11.8. The summed E-state index contributed by atoms with van der Waals surface area (Å²) in [5.74, 6) is 0. The fourth-order valence-electron chi connectivity index (χ4n) is 1.60. The van der Waals surface area contributed by atoms with Crippen molar-refractivity contribution in [2.45, 2.75) is 6.42 Å². The molecule has 0 aliphatic carbocycles. The van der Waals surface area contributed by atoms with Gasteiger partial charge in [0.25, 0.3) is 0 Å². The molecule has 0 saturated carbocycles. The number of pyridine rings is 1. The minimum absolute atomic E-state index is 0.950. The Kier molecular flexibility index (Phi) is 3.10. The fourth-order valence-corrected chi connectivity index (χ4v) is 4.14. The van der Waals surface area contributed by atoms with Crippen molar-refractivity contribution in [1.82, 2.24) is 9.88 Å². The first kappa shape index (κ1) is 10.7. The summed E-state index contributed by atoms with van der Waals surface area (Å²) in [6, 6.07) is 1.97. The number of rotatable bonds is 3. The predicted molar refractivity (Wildman–Crippen MR) is 61.5 cm³/mol. The van der Waals surface area contributed by atoms with Gasteiger partial charge in [-0.3, -0.25) is 0 Å². The molecule has 1 aliphatic rings. The molecule has 1 aliphatic heterocycles. The van der Waals surface area contributed by atoms with E-state index in [2.05, 4.69) is 9.88 Å². The molecular formula is C11H14N2OSe. The third-order valence-electron chi connectivity index (χ3n) is 2.42. The summed E-state index contributed by atoms with van der Waals surface area (Å²) < 4.78 is 12.7. The summed E-state index contributed by atoms with van der Waals surface area (Å²) >= 11 is -1.93. The molecule has 0 fully saturated rings. The zero-order valence-corrected chi connectivity index (χ0v) is 10.6. The molecule has 0 amide bonds. The Bertz CT molecular complexity index is 426. The van der Waals surface area contributed by atoms with Gasteiger partial charge in [0, 0.05) is 0 Å². The molecule has 0 spiro atoms. The van der Waals surface area contributed by atoms with Crippen molar-refractivity contribution in [2.75, 3.05) is 20.6 Å². The Hall–Kier alpha value is -0.831. The summed E-state index contributed by atoms with van der Waals surface area (Å²) in [5.41, 5.74) is 2.37. The first-order valence-corrected chi connectivity index (χ1v) is 7.43. The second-order valence-corrected chi connectivity index (χ2v) is 6.53. The van der Waals surface area contributed by atoms with Crippen molar-refractivity contribution >= 4 is 23.9 Å². The fraction of sp³-hybridized carbons (Fsp3) is 0.364. The first-order valence-electron chi connectivity index (χ1n) is 4.89. The van der Waals surface area contributed by atoms with Crippen LogP contribution in [0.25, 0.3) is 5.57 Å². The molecule has 80 valence electrons. The van der Waals surface area contributed by atoms with E-state index in [-0.39, 0.29) is 0 Å². The molecule has 3 nitrogen and oxygen atoms in total. The molecule has 0 aromatic carbocycles. The molecule has 1 atom stereocenters. The first-order chi connectivity index (χ1) is 7.18. The van der Waals surface area contributed by atoms with Crippen LogP contribution in [0.4, 0.5) is 0 Å². The van der Waals surface area contributed by atoms with Crippen molar-refractivity contribution in [1.29, 1.82) is 0 Å². The Morgan fingerprint density at radius 1 is 1.47 bits per heavy atom. The third kappa shape index (κ3) is 2.23. The van der Waals surface area contributed by atoms with Crippen LogP contribution in [-0.4, -0.2) is 44.4 Å².